The molecular weight excluding hydrogens is 248 g/mol. The largest absolute Gasteiger partial charge is 0.393 e. The number of benzene rings is 1. The minimum Gasteiger partial charge on any atom is -0.393 e. The number of nitrogens with one attached hydrogen (secondary N) is 1. The Morgan fingerprint density at radius 2 is 2.17 bits per heavy atom. The summed E-state index contributed by atoms with van der Waals surface area (Å²) in [6.45, 7) is 1.83. The summed E-state index contributed by atoms with van der Waals surface area (Å²) in [7, 11) is 0. The van der Waals surface area contributed by atoms with Gasteiger partial charge in [0.15, 0.2) is 0 Å². The van der Waals surface area contributed by atoms with Crippen molar-refractivity contribution in [2.45, 2.75) is 26.1 Å². The summed E-state index contributed by atoms with van der Waals surface area (Å²) < 4.78 is 5.31. The third-order valence-electron chi connectivity index (χ3n) is 2.87. The number of rotatable bonds is 5. The first-order chi connectivity index (χ1) is 8.66. The van der Waals surface area contributed by atoms with Crippen molar-refractivity contribution < 1.29 is 9.53 Å². The fourth-order valence-electron chi connectivity index (χ4n) is 1.88. The maximum absolute atomic E-state index is 11.9. The van der Waals surface area contributed by atoms with E-state index in [0.29, 0.717) is 36.7 Å². The summed E-state index contributed by atoms with van der Waals surface area (Å²) >= 11 is 4.77. The van der Waals surface area contributed by atoms with Gasteiger partial charge in [-0.1, -0.05) is 18.3 Å². The first-order valence-electron chi connectivity index (χ1n) is 5.93. The predicted octanol–water partition coefficient (Wildman–Crippen LogP) is 1.51. The zero-order chi connectivity index (χ0) is 13.0. The highest BCUT2D eigenvalue weighted by Gasteiger charge is 2.13. The molecule has 0 aromatic heterocycles. The molecule has 1 aliphatic rings. The van der Waals surface area contributed by atoms with Gasteiger partial charge >= 0.3 is 0 Å². The number of amides is 1. The molecule has 0 fully saturated rings. The summed E-state index contributed by atoms with van der Waals surface area (Å²) in [6.07, 6.45) is 1.43. The number of nitrogens with two attached hydrogens (primary N) is 1. The molecule has 4 nitrogen and oxygen atoms in total. The maximum atomic E-state index is 11.9. The van der Waals surface area contributed by atoms with Gasteiger partial charge in [-0.2, -0.15) is 0 Å². The van der Waals surface area contributed by atoms with E-state index in [1.165, 1.54) is 5.56 Å². The highest BCUT2D eigenvalue weighted by Crippen LogP contribution is 2.20. The molecule has 1 amide bonds. The smallest absolute Gasteiger partial charge is 0.251 e. The molecule has 96 valence electrons. The van der Waals surface area contributed by atoms with Crippen LogP contribution in [0.4, 0.5) is 0 Å². The lowest BCUT2D eigenvalue weighted by molar-refractivity contribution is 0.0953. The molecule has 1 aromatic carbocycles. The second-order valence-electron chi connectivity index (χ2n) is 4.30. The Hall–Kier alpha value is -1.46. The molecule has 0 unspecified atom stereocenters. The molecule has 1 heterocycles. The lowest BCUT2D eigenvalue weighted by Gasteiger charge is -2.06. The van der Waals surface area contributed by atoms with Gasteiger partial charge in [-0.15, -0.1) is 0 Å². The Balaban J connectivity index is 1.87. The monoisotopic (exact) mass is 264 g/mol. The van der Waals surface area contributed by atoms with Crippen LogP contribution in [0.25, 0.3) is 0 Å². The van der Waals surface area contributed by atoms with Crippen LogP contribution in [-0.2, 0) is 18.0 Å². The molecule has 5 heteroatoms. The van der Waals surface area contributed by atoms with Gasteiger partial charge in [-0.3, -0.25) is 4.79 Å². The van der Waals surface area contributed by atoms with Crippen molar-refractivity contribution in [1.82, 2.24) is 5.32 Å². The molecular formula is C13H16N2O2S. The van der Waals surface area contributed by atoms with Crippen molar-refractivity contribution in [2.24, 2.45) is 5.73 Å². The molecule has 0 spiro atoms. The van der Waals surface area contributed by atoms with Crippen LogP contribution in [0.3, 0.4) is 0 Å². The zero-order valence-corrected chi connectivity index (χ0v) is 10.9. The van der Waals surface area contributed by atoms with E-state index in [9.17, 15) is 4.79 Å². The summed E-state index contributed by atoms with van der Waals surface area (Å²) in [5.41, 5.74) is 8.33. The second-order valence-corrected chi connectivity index (χ2v) is 4.83. The van der Waals surface area contributed by atoms with Gasteiger partial charge in [0.1, 0.15) is 0 Å². The molecule has 0 aliphatic carbocycles. The van der Waals surface area contributed by atoms with Gasteiger partial charge in [0.05, 0.1) is 18.2 Å². The number of fused-ring (bicyclic) bond motifs is 1. The summed E-state index contributed by atoms with van der Waals surface area (Å²) in [4.78, 5) is 12.4. The Morgan fingerprint density at radius 3 is 2.94 bits per heavy atom. The van der Waals surface area contributed by atoms with Crippen molar-refractivity contribution in [3.8, 4) is 0 Å². The van der Waals surface area contributed by atoms with Gasteiger partial charge in [0.2, 0.25) is 0 Å². The van der Waals surface area contributed by atoms with E-state index in [0.717, 1.165) is 12.0 Å². The van der Waals surface area contributed by atoms with Crippen LogP contribution in [0.2, 0.25) is 0 Å². The average Bonchev–Trinajstić information content (AvgIpc) is 2.81. The normalized spacial score (nSPS) is 13.1. The van der Waals surface area contributed by atoms with E-state index in [1.807, 2.05) is 18.2 Å². The first-order valence-corrected chi connectivity index (χ1v) is 6.33. The number of carbonyl (C=O) groups excluding carboxylic acids is 1. The molecule has 1 aromatic rings. The lowest BCUT2D eigenvalue weighted by atomic mass is 10.1. The Labute approximate surface area is 112 Å². The molecule has 2 rings (SSSR count). The molecule has 0 atom stereocenters. The first kappa shape index (κ1) is 13.0. The van der Waals surface area contributed by atoms with E-state index in [1.54, 1.807) is 0 Å². The fourth-order valence-corrected chi connectivity index (χ4v) is 2.02. The Morgan fingerprint density at radius 1 is 1.39 bits per heavy atom. The van der Waals surface area contributed by atoms with E-state index in [4.69, 9.17) is 22.7 Å². The minimum atomic E-state index is -0.0624. The predicted molar refractivity (Wildman–Crippen MR) is 73.3 cm³/mol. The van der Waals surface area contributed by atoms with Gasteiger partial charge in [-0.05, 0) is 36.1 Å². The van der Waals surface area contributed by atoms with Crippen LogP contribution in [0, 0.1) is 0 Å². The van der Waals surface area contributed by atoms with Gasteiger partial charge in [-0.25, -0.2) is 0 Å². The fraction of sp³-hybridized carbons (Fsp3) is 0.385. The third-order valence-corrected chi connectivity index (χ3v) is 3.07. The van der Waals surface area contributed by atoms with Crippen LogP contribution in [0.5, 0.6) is 0 Å². The van der Waals surface area contributed by atoms with Crippen LogP contribution >= 0.6 is 12.2 Å². The topological polar surface area (TPSA) is 64.3 Å². The quantitative estimate of drug-likeness (QED) is 0.625. The molecule has 1 aliphatic heterocycles. The number of ether oxygens (including phenoxy) is 1. The molecule has 18 heavy (non-hydrogen) atoms. The van der Waals surface area contributed by atoms with Crippen LogP contribution in [0.15, 0.2) is 18.2 Å². The molecule has 0 radical (unpaired) electrons. The highest BCUT2D eigenvalue weighted by molar-refractivity contribution is 7.80. The van der Waals surface area contributed by atoms with E-state index < -0.39 is 0 Å². The summed E-state index contributed by atoms with van der Waals surface area (Å²) in [5, 5.41) is 2.85. The Kier molecular flexibility index (Phi) is 4.28. The second kappa shape index (κ2) is 5.93. The Bertz CT molecular complexity index is 474. The standard InChI is InChI=1S/C13H16N2O2S/c14-12(18)2-1-5-15-13(16)9-3-4-10-7-17-8-11(10)6-9/h3-4,6H,1-2,5,7-8H2,(H2,14,18)(H,15,16). The molecule has 0 bridgehead atoms. The summed E-state index contributed by atoms with van der Waals surface area (Å²) in [6, 6.07) is 5.67. The van der Waals surface area contributed by atoms with Crippen LogP contribution in [-0.4, -0.2) is 17.4 Å². The van der Waals surface area contributed by atoms with Crippen LogP contribution in [0.1, 0.15) is 34.3 Å². The molecule has 3 N–H and O–H groups in total. The number of carbonyl (C=O) groups is 1. The lowest BCUT2D eigenvalue weighted by Crippen LogP contribution is -2.25. The van der Waals surface area contributed by atoms with Crippen molar-refractivity contribution >= 4 is 23.1 Å². The van der Waals surface area contributed by atoms with Crippen molar-refractivity contribution in [2.75, 3.05) is 6.54 Å². The zero-order valence-electron chi connectivity index (χ0n) is 10.1. The van der Waals surface area contributed by atoms with E-state index in [-0.39, 0.29) is 5.91 Å². The highest BCUT2D eigenvalue weighted by atomic mass is 32.1. The average molecular weight is 264 g/mol. The SMILES string of the molecule is NC(=S)CCCNC(=O)c1ccc2c(c1)COC2. The number of thiocarbonyl (C=S) groups is 1. The third kappa shape index (κ3) is 3.27. The van der Waals surface area contributed by atoms with Gasteiger partial charge in [0.25, 0.3) is 5.91 Å². The number of hydrogen-bond acceptors (Lipinski definition) is 3. The maximum Gasteiger partial charge on any atom is 0.251 e. The van der Waals surface area contributed by atoms with Crippen molar-refractivity contribution in [3.05, 3.63) is 34.9 Å². The van der Waals surface area contributed by atoms with E-state index >= 15 is 0 Å². The van der Waals surface area contributed by atoms with Gasteiger partial charge in [0, 0.05) is 12.1 Å². The van der Waals surface area contributed by atoms with Crippen molar-refractivity contribution in [3.63, 3.8) is 0 Å². The van der Waals surface area contributed by atoms with Crippen LogP contribution < -0.4 is 11.1 Å². The summed E-state index contributed by atoms with van der Waals surface area (Å²) in [5.74, 6) is -0.0624. The van der Waals surface area contributed by atoms with Crippen molar-refractivity contribution in [1.29, 1.82) is 0 Å². The molecule has 0 saturated carbocycles. The minimum absolute atomic E-state index is 0.0624. The number of hydrogen-bond donors (Lipinski definition) is 2. The van der Waals surface area contributed by atoms with Gasteiger partial charge < -0.3 is 15.8 Å². The van der Waals surface area contributed by atoms with E-state index in [2.05, 4.69) is 5.32 Å². The molecule has 0 saturated heterocycles.